The molecule has 1 fully saturated rings. The van der Waals surface area contributed by atoms with Crippen molar-refractivity contribution in [3.63, 3.8) is 0 Å². The number of nitrogens with zero attached hydrogens (tertiary/aromatic N) is 1. The highest BCUT2D eigenvalue weighted by Gasteiger charge is 2.49. The van der Waals surface area contributed by atoms with E-state index in [4.69, 9.17) is 4.84 Å². The molecule has 1 unspecified atom stereocenters. The molecule has 2 aromatic rings. The van der Waals surface area contributed by atoms with E-state index in [0.717, 1.165) is 17.7 Å². The van der Waals surface area contributed by atoms with Crippen LogP contribution in [0.4, 0.5) is 5.69 Å². The van der Waals surface area contributed by atoms with E-state index >= 15 is 0 Å². The molecule has 0 spiro atoms. The fourth-order valence-corrected chi connectivity index (χ4v) is 3.23. The van der Waals surface area contributed by atoms with Gasteiger partial charge in [-0.25, -0.2) is 5.06 Å². The fraction of sp³-hybridized carbons (Fsp3) is 0.316. The summed E-state index contributed by atoms with van der Waals surface area (Å²) >= 11 is 0. The van der Waals surface area contributed by atoms with Crippen molar-refractivity contribution in [2.45, 2.75) is 19.4 Å². The Labute approximate surface area is 137 Å². The molecule has 23 heavy (non-hydrogen) atoms. The first-order valence-corrected chi connectivity index (χ1v) is 7.88. The number of amides is 1. The van der Waals surface area contributed by atoms with Crippen LogP contribution in [0, 0.1) is 5.41 Å². The van der Waals surface area contributed by atoms with Gasteiger partial charge in [0.15, 0.2) is 0 Å². The van der Waals surface area contributed by atoms with Crippen LogP contribution in [0.3, 0.4) is 0 Å². The topological polar surface area (TPSA) is 41.6 Å². The van der Waals surface area contributed by atoms with Gasteiger partial charge < -0.3 is 5.32 Å². The largest absolute Gasteiger partial charge is 0.377 e. The number of benzene rings is 2. The molecule has 1 aliphatic heterocycles. The van der Waals surface area contributed by atoms with Gasteiger partial charge in [0.05, 0.1) is 18.6 Å². The molecule has 4 nitrogen and oxygen atoms in total. The lowest BCUT2D eigenvalue weighted by molar-refractivity contribution is -0.173. The van der Waals surface area contributed by atoms with Crippen LogP contribution in [0.5, 0.6) is 0 Å². The first kappa shape index (κ1) is 15.6. The SMILES string of the molecule is CON1CC[C@@](C)(C(Nc2ccccc2)c2ccccc2)C1=O. The average molecular weight is 310 g/mol. The van der Waals surface area contributed by atoms with E-state index in [1.165, 1.54) is 5.06 Å². The Kier molecular flexibility index (Phi) is 4.35. The molecule has 2 atom stereocenters. The Morgan fingerprint density at radius 2 is 1.70 bits per heavy atom. The highest BCUT2D eigenvalue weighted by atomic mass is 16.7. The Morgan fingerprint density at radius 3 is 2.26 bits per heavy atom. The van der Waals surface area contributed by atoms with E-state index < -0.39 is 5.41 Å². The summed E-state index contributed by atoms with van der Waals surface area (Å²) in [4.78, 5) is 18.0. The zero-order valence-electron chi connectivity index (χ0n) is 13.5. The predicted octanol–water partition coefficient (Wildman–Crippen LogP) is 3.64. The minimum atomic E-state index is -0.548. The number of nitrogens with one attached hydrogen (secondary N) is 1. The summed E-state index contributed by atoms with van der Waals surface area (Å²) in [6, 6.07) is 20.0. The lowest BCUT2D eigenvalue weighted by Gasteiger charge is -2.34. The average Bonchev–Trinajstić information content (AvgIpc) is 2.90. The van der Waals surface area contributed by atoms with Crippen molar-refractivity contribution >= 4 is 11.6 Å². The molecule has 1 saturated heterocycles. The maximum atomic E-state index is 12.8. The van der Waals surface area contributed by atoms with Gasteiger partial charge in [-0.05, 0) is 31.0 Å². The number of hydroxylamine groups is 2. The standard InChI is InChI=1S/C19H22N2O2/c1-19(13-14-21(23-2)18(19)22)17(15-9-5-3-6-10-15)20-16-11-7-4-8-12-16/h3-12,17,20H,13-14H2,1-2H3/t17?,19-/m0/s1. The lowest BCUT2D eigenvalue weighted by atomic mass is 9.77. The molecular formula is C19H22N2O2. The van der Waals surface area contributed by atoms with Crippen molar-refractivity contribution in [1.29, 1.82) is 0 Å². The van der Waals surface area contributed by atoms with Gasteiger partial charge in [-0.1, -0.05) is 48.5 Å². The second kappa shape index (κ2) is 6.42. The van der Waals surface area contributed by atoms with Crippen LogP contribution < -0.4 is 5.32 Å². The van der Waals surface area contributed by atoms with Crippen LogP contribution in [0.2, 0.25) is 0 Å². The van der Waals surface area contributed by atoms with Gasteiger partial charge in [-0.2, -0.15) is 0 Å². The van der Waals surface area contributed by atoms with Gasteiger partial charge in [0.1, 0.15) is 0 Å². The summed E-state index contributed by atoms with van der Waals surface area (Å²) in [5.74, 6) is 0.0253. The normalized spacial score (nSPS) is 22.2. The maximum absolute atomic E-state index is 12.8. The molecule has 1 amide bonds. The molecule has 0 bridgehead atoms. The highest BCUT2D eigenvalue weighted by molar-refractivity contribution is 5.85. The molecule has 3 rings (SSSR count). The molecule has 2 aromatic carbocycles. The van der Waals surface area contributed by atoms with E-state index in [9.17, 15) is 4.79 Å². The second-order valence-electron chi connectivity index (χ2n) is 6.11. The Hall–Kier alpha value is -2.33. The lowest BCUT2D eigenvalue weighted by Crippen LogP contribution is -2.39. The summed E-state index contributed by atoms with van der Waals surface area (Å²) < 4.78 is 0. The van der Waals surface area contributed by atoms with Crippen LogP contribution in [0.15, 0.2) is 60.7 Å². The van der Waals surface area contributed by atoms with Gasteiger partial charge in [0.25, 0.3) is 5.91 Å². The minimum Gasteiger partial charge on any atom is -0.377 e. The number of carbonyl (C=O) groups excluding carboxylic acids is 1. The van der Waals surface area contributed by atoms with Crippen LogP contribution in [0.25, 0.3) is 0 Å². The fourth-order valence-electron chi connectivity index (χ4n) is 3.23. The van der Waals surface area contributed by atoms with E-state index in [2.05, 4.69) is 17.4 Å². The zero-order valence-corrected chi connectivity index (χ0v) is 13.5. The van der Waals surface area contributed by atoms with Gasteiger partial charge in [0.2, 0.25) is 0 Å². The third-order valence-corrected chi connectivity index (χ3v) is 4.62. The van der Waals surface area contributed by atoms with Crippen molar-refractivity contribution in [1.82, 2.24) is 5.06 Å². The van der Waals surface area contributed by atoms with Crippen LogP contribution in [-0.4, -0.2) is 24.6 Å². The third kappa shape index (κ3) is 2.94. The Morgan fingerprint density at radius 1 is 1.09 bits per heavy atom. The third-order valence-electron chi connectivity index (χ3n) is 4.62. The van der Waals surface area contributed by atoms with E-state index in [1.807, 2.05) is 55.5 Å². The number of hydrogen-bond acceptors (Lipinski definition) is 3. The molecule has 1 N–H and O–H groups in total. The Bertz CT molecular complexity index is 660. The van der Waals surface area contributed by atoms with Gasteiger partial charge in [0, 0.05) is 12.2 Å². The molecule has 1 heterocycles. The summed E-state index contributed by atoms with van der Waals surface area (Å²) in [7, 11) is 1.55. The maximum Gasteiger partial charge on any atom is 0.254 e. The van der Waals surface area contributed by atoms with Crippen LogP contribution in [-0.2, 0) is 9.63 Å². The second-order valence-corrected chi connectivity index (χ2v) is 6.11. The quantitative estimate of drug-likeness (QED) is 0.916. The van der Waals surface area contributed by atoms with Crippen molar-refractivity contribution < 1.29 is 9.63 Å². The molecule has 0 aromatic heterocycles. The van der Waals surface area contributed by atoms with Crippen LogP contribution >= 0.6 is 0 Å². The number of para-hydroxylation sites is 1. The van der Waals surface area contributed by atoms with E-state index in [-0.39, 0.29) is 11.9 Å². The summed E-state index contributed by atoms with van der Waals surface area (Å²) in [6.45, 7) is 2.63. The summed E-state index contributed by atoms with van der Waals surface area (Å²) in [6.07, 6.45) is 0.749. The highest BCUT2D eigenvalue weighted by Crippen LogP contribution is 2.44. The van der Waals surface area contributed by atoms with Crippen molar-refractivity contribution in [2.75, 3.05) is 19.0 Å². The first-order valence-electron chi connectivity index (χ1n) is 7.88. The number of anilines is 1. The molecule has 0 radical (unpaired) electrons. The zero-order chi connectivity index (χ0) is 16.3. The first-order chi connectivity index (χ1) is 11.1. The van der Waals surface area contributed by atoms with Gasteiger partial charge in [-0.3, -0.25) is 9.63 Å². The van der Waals surface area contributed by atoms with E-state index in [0.29, 0.717) is 6.54 Å². The molecule has 4 heteroatoms. The van der Waals surface area contributed by atoms with E-state index in [1.54, 1.807) is 7.11 Å². The van der Waals surface area contributed by atoms with Crippen molar-refractivity contribution in [2.24, 2.45) is 5.41 Å². The van der Waals surface area contributed by atoms with Crippen molar-refractivity contribution in [3.8, 4) is 0 Å². The Balaban J connectivity index is 1.97. The number of hydrogen-bond donors (Lipinski definition) is 1. The molecule has 120 valence electrons. The molecule has 1 aliphatic rings. The monoisotopic (exact) mass is 310 g/mol. The number of rotatable bonds is 5. The van der Waals surface area contributed by atoms with Crippen molar-refractivity contribution in [3.05, 3.63) is 66.2 Å². The summed E-state index contributed by atoms with van der Waals surface area (Å²) in [5, 5.41) is 5.01. The summed E-state index contributed by atoms with van der Waals surface area (Å²) in [5.41, 5.74) is 1.56. The van der Waals surface area contributed by atoms with Crippen LogP contribution in [0.1, 0.15) is 24.9 Å². The molecule has 0 saturated carbocycles. The molecular weight excluding hydrogens is 288 g/mol. The minimum absolute atomic E-state index is 0.0253. The number of carbonyl (C=O) groups is 1. The predicted molar refractivity (Wildman–Crippen MR) is 90.7 cm³/mol. The van der Waals surface area contributed by atoms with Gasteiger partial charge in [-0.15, -0.1) is 0 Å². The molecule has 0 aliphatic carbocycles. The van der Waals surface area contributed by atoms with Gasteiger partial charge >= 0.3 is 0 Å². The smallest absolute Gasteiger partial charge is 0.254 e.